The second-order valence-corrected chi connectivity index (χ2v) is 8.49. The lowest BCUT2D eigenvalue weighted by Gasteiger charge is -2.12. The molecule has 0 aliphatic carbocycles. The van der Waals surface area contributed by atoms with Crippen LogP contribution in [-0.4, -0.2) is 40.7 Å². The molecule has 1 fully saturated rings. The van der Waals surface area contributed by atoms with Gasteiger partial charge in [0.25, 0.3) is 5.91 Å². The third-order valence-corrected chi connectivity index (χ3v) is 6.10. The van der Waals surface area contributed by atoms with Crippen LogP contribution in [0.5, 0.6) is 5.75 Å². The topological polar surface area (TPSA) is 93.7 Å². The van der Waals surface area contributed by atoms with Crippen molar-refractivity contribution in [2.45, 2.75) is 23.8 Å². The quantitative estimate of drug-likeness (QED) is 0.712. The first kappa shape index (κ1) is 20.6. The predicted octanol–water partition coefficient (Wildman–Crippen LogP) is 3.06. The fraction of sp³-hybridized carbons (Fsp3) is 0.316. The Morgan fingerprint density at radius 3 is 2.61 bits per heavy atom. The number of anilines is 1. The van der Waals surface area contributed by atoms with E-state index in [1.165, 1.54) is 31.4 Å². The lowest BCUT2D eigenvalue weighted by atomic mass is 10.2. The number of halogens is 1. The van der Waals surface area contributed by atoms with E-state index < -0.39 is 10.0 Å². The number of hydrogen-bond donors (Lipinski definition) is 2. The highest BCUT2D eigenvalue weighted by Crippen LogP contribution is 2.27. The maximum Gasteiger partial charge on any atom is 0.255 e. The zero-order valence-corrected chi connectivity index (χ0v) is 16.8. The lowest BCUT2D eigenvalue weighted by molar-refractivity contribution is 0.102. The van der Waals surface area contributed by atoms with Gasteiger partial charge in [-0.1, -0.05) is 11.6 Å². The first-order valence-corrected chi connectivity index (χ1v) is 10.6. The first-order valence-electron chi connectivity index (χ1n) is 8.75. The molecule has 1 unspecified atom stereocenters. The third kappa shape index (κ3) is 5.02. The standard InChI is InChI=1S/C19H21ClN2O5S/c1-26-18-9-6-14(11-17(18)20)22-19(23)13-4-7-16(8-5-13)28(24,25)21-12-15-3-2-10-27-15/h4-9,11,15,21H,2-3,10,12H2,1H3,(H,22,23). The first-order chi connectivity index (χ1) is 13.4. The van der Waals surface area contributed by atoms with Crippen LogP contribution in [0.4, 0.5) is 5.69 Å². The van der Waals surface area contributed by atoms with Crippen LogP contribution in [0.3, 0.4) is 0 Å². The fourth-order valence-corrected chi connectivity index (χ4v) is 4.15. The molecule has 0 aromatic heterocycles. The summed E-state index contributed by atoms with van der Waals surface area (Å²) in [6, 6.07) is 10.6. The number of carbonyl (C=O) groups is 1. The molecule has 2 aromatic carbocycles. The Bertz CT molecular complexity index is 941. The molecule has 0 bridgehead atoms. The molecule has 1 saturated heterocycles. The van der Waals surface area contributed by atoms with Gasteiger partial charge in [-0.3, -0.25) is 4.79 Å². The monoisotopic (exact) mass is 424 g/mol. The minimum absolute atomic E-state index is 0.0869. The summed E-state index contributed by atoms with van der Waals surface area (Å²) >= 11 is 6.05. The Morgan fingerprint density at radius 1 is 1.25 bits per heavy atom. The van der Waals surface area contributed by atoms with Crippen LogP contribution in [0.25, 0.3) is 0 Å². The average molecular weight is 425 g/mol. The molecule has 1 heterocycles. The maximum atomic E-state index is 12.4. The summed E-state index contributed by atoms with van der Waals surface area (Å²) in [5.41, 5.74) is 0.829. The van der Waals surface area contributed by atoms with Gasteiger partial charge >= 0.3 is 0 Å². The average Bonchev–Trinajstić information content (AvgIpc) is 3.20. The molecule has 2 N–H and O–H groups in total. The Hall–Kier alpha value is -2.13. The van der Waals surface area contributed by atoms with Crippen LogP contribution in [0.1, 0.15) is 23.2 Å². The van der Waals surface area contributed by atoms with E-state index in [1.807, 2.05) is 0 Å². The highest BCUT2D eigenvalue weighted by Gasteiger charge is 2.20. The molecule has 1 amide bonds. The summed E-state index contributed by atoms with van der Waals surface area (Å²) < 4.78 is 37.8. The SMILES string of the molecule is COc1ccc(NC(=O)c2ccc(S(=O)(=O)NCC3CCCO3)cc2)cc1Cl. The van der Waals surface area contributed by atoms with Crippen molar-refractivity contribution in [2.75, 3.05) is 25.6 Å². The fourth-order valence-electron chi connectivity index (χ4n) is 2.82. The Balaban J connectivity index is 1.64. The summed E-state index contributed by atoms with van der Waals surface area (Å²) in [4.78, 5) is 12.5. The molecule has 0 spiro atoms. The Kier molecular flexibility index (Phi) is 6.56. The molecule has 0 radical (unpaired) electrons. The predicted molar refractivity (Wildman–Crippen MR) is 107 cm³/mol. The van der Waals surface area contributed by atoms with E-state index in [-0.39, 0.29) is 23.5 Å². The van der Waals surface area contributed by atoms with E-state index >= 15 is 0 Å². The number of methoxy groups -OCH3 is 1. The minimum atomic E-state index is -3.66. The normalized spacial score (nSPS) is 16.7. The van der Waals surface area contributed by atoms with E-state index in [1.54, 1.807) is 18.2 Å². The zero-order valence-electron chi connectivity index (χ0n) is 15.3. The summed E-state index contributed by atoms with van der Waals surface area (Å²) in [5, 5.41) is 3.08. The van der Waals surface area contributed by atoms with Crippen molar-refractivity contribution >= 4 is 33.2 Å². The summed E-state index contributed by atoms with van der Waals surface area (Å²) in [5.74, 6) is 0.127. The number of sulfonamides is 1. The van der Waals surface area contributed by atoms with E-state index in [0.29, 0.717) is 28.6 Å². The molecule has 3 rings (SSSR count). The molecule has 2 aromatic rings. The van der Waals surface area contributed by atoms with Crippen molar-refractivity contribution in [3.05, 3.63) is 53.1 Å². The van der Waals surface area contributed by atoms with Gasteiger partial charge in [0, 0.05) is 24.4 Å². The lowest BCUT2D eigenvalue weighted by Crippen LogP contribution is -2.31. The van der Waals surface area contributed by atoms with Gasteiger partial charge < -0.3 is 14.8 Å². The van der Waals surface area contributed by atoms with Crippen LogP contribution in [0.15, 0.2) is 47.4 Å². The molecule has 28 heavy (non-hydrogen) atoms. The van der Waals surface area contributed by atoms with E-state index in [4.69, 9.17) is 21.1 Å². The second-order valence-electron chi connectivity index (χ2n) is 6.31. The number of rotatable bonds is 7. The van der Waals surface area contributed by atoms with Crippen molar-refractivity contribution in [3.8, 4) is 5.75 Å². The van der Waals surface area contributed by atoms with Crippen molar-refractivity contribution < 1.29 is 22.7 Å². The van der Waals surface area contributed by atoms with Gasteiger partial charge in [0.15, 0.2) is 0 Å². The number of hydrogen-bond acceptors (Lipinski definition) is 5. The van der Waals surface area contributed by atoms with Gasteiger partial charge in [0.05, 0.1) is 23.1 Å². The van der Waals surface area contributed by atoms with Gasteiger partial charge in [-0.05, 0) is 55.3 Å². The molecule has 1 aliphatic rings. The number of benzene rings is 2. The van der Waals surface area contributed by atoms with Gasteiger partial charge in [-0.25, -0.2) is 13.1 Å². The van der Waals surface area contributed by atoms with Crippen molar-refractivity contribution in [1.29, 1.82) is 0 Å². The molecule has 7 nitrogen and oxygen atoms in total. The minimum Gasteiger partial charge on any atom is -0.495 e. The molecule has 1 atom stereocenters. The molecule has 0 saturated carbocycles. The van der Waals surface area contributed by atoms with Crippen LogP contribution in [-0.2, 0) is 14.8 Å². The number of nitrogens with one attached hydrogen (secondary N) is 2. The van der Waals surface area contributed by atoms with E-state index in [2.05, 4.69) is 10.0 Å². The van der Waals surface area contributed by atoms with Crippen LogP contribution < -0.4 is 14.8 Å². The maximum absolute atomic E-state index is 12.4. The van der Waals surface area contributed by atoms with Gasteiger partial charge in [0.2, 0.25) is 10.0 Å². The number of amides is 1. The van der Waals surface area contributed by atoms with Gasteiger partial charge in [-0.15, -0.1) is 0 Å². The molecule has 150 valence electrons. The second kappa shape index (κ2) is 8.91. The summed E-state index contributed by atoms with van der Waals surface area (Å²) in [6.45, 7) is 0.901. The molecular weight excluding hydrogens is 404 g/mol. The van der Waals surface area contributed by atoms with Crippen molar-refractivity contribution in [3.63, 3.8) is 0 Å². The molecular formula is C19H21ClN2O5S. The van der Waals surface area contributed by atoms with Crippen LogP contribution in [0, 0.1) is 0 Å². The summed E-state index contributed by atoms with van der Waals surface area (Å²) in [7, 11) is -2.15. The smallest absolute Gasteiger partial charge is 0.255 e. The van der Waals surface area contributed by atoms with Crippen LogP contribution in [0.2, 0.25) is 5.02 Å². The highest BCUT2D eigenvalue weighted by atomic mass is 35.5. The van der Waals surface area contributed by atoms with E-state index in [9.17, 15) is 13.2 Å². The summed E-state index contributed by atoms with van der Waals surface area (Å²) in [6.07, 6.45) is 1.70. The molecule has 9 heteroatoms. The van der Waals surface area contributed by atoms with Gasteiger partial charge in [-0.2, -0.15) is 0 Å². The highest BCUT2D eigenvalue weighted by molar-refractivity contribution is 7.89. The largest absolute Gasteiger partial charge is 0.495 e. The van der Waals surface area contributed by atoms with Gasteiger partial charge in [0.1, 0.15) is 5.75 Å². The zero-order chi connectivity index (χ0) is 20.1. The molecule has 1 aliphatic heterocycles. The van der Waals surface area contributed by atoms with Crippen LogP contribution >= 0.6 is 11.6 Å². The van der Waals surface area contributed by atoms with Crippen molar-refractivity contribution in [1.82, 2.24) is 4.72 Å². The van der Waals surface area contributed by atoms with E-state index in [0.717, 1.165) is 12.8 Å². The number of ether oxygens (including phenoxy) is 2. The third-order valence-electron chi connectivity index (χ3n) is 4.36. The Morgan fingerprint density at radius 2 is 2.00 bits per heavy atom. The Labute approximate surface area is 169 Å². The number of carbonyl (C=O) groups excluding carboxylic acids is 1. The van der Waals surface area contributed by atoms with Crippen molar-refractivity contribution in [2.24, 2.45) is 0 Å².